The minimum absolute atomic E-state index is 0.0324. The van der Waals surface area contributed by atoms with E-state index in [0.717, 1.165) is 12.1 Å². The van der Waals surface area contributed by atoms with Gasteiger partial charge in [0, 0.05) is 11.1 Å². The summed E-state index contributed by atoms with van der Waals surface area (Å²) < 4.78 is 48.8. The van der Waals surface area contributed by atoms with Gasteiger partial charge in [0.25, 0.3) is 5.91 Å². The number of methoxy groups -OCH3 is 1. The van der Waals surface area contributed by atoms with Crippen molar-refractivity contribution < 1.29 is 27.1 Å². The first-order valence-electron chi connectivity index (χ1n) is 7.43. The van der Waals surface area contributed by atoms with E-state index in [9.17, 15) is 18.0 Å². The molecule has 2 N–H and O–H groups in total. The van der Waals surface area contributed by atoms with E-state index >= 15 is 0 Å². The molecule has 0 radical (unpaired) electrons. The van der Waals surface area contributed by atoms with Crippen molar-refractivity contribution in [3.05, 3.63) is 65.2 Å². The van der Waals surface area contributed by atoms with Gasteiger partial charge in [0.05, 0.1) is 12.7 Å². The number of fused-ring (bicyclic) bond motifs is 1. The van der Waals surface area contributed by atoms with Crippen LogP contribution in [0.5, 0.6) is 5.75 Å². The second kappa shape index (κ2) is 6.55. The van der Waals surface area contributed by atoms with E-state index < -0.39 is 23.2 Å². The van der Waals surface area contributed by atoms with Gasteiger partial charge in [0.15, 0.2) is 11.3 Å². The van der Waals surface area contributed by atoms with Gasteiger partial charge in [-0.15, -0.1) is 0 Å². The van der Waals surface area contributed by atoms with Crippen LogP contribution in [0, 0.1) is 5.41 Å². The van der Waals surface area contributed by atoms with Crippen LogP contribution < -0.4 is 15.6 Å². The molecule has 0 fully saturated rings. The van der Waals surface area contributed by atoms with Gasteiger partial charge in [-0.25, -0.2) is 0 Å². The van der Waals surface area contributed by atoms with E-state index in [2.05, 4.69) is 5.32 Å². The number of nitrogens with one attached hydrogen (secondary N) is 2. The molecule has 2 aromatic carbocycles. The highest BCUT2D eigenvalue weighted by atomic mass is 19.4. The predicted molar refractivity (Wildman–Crippen MR) is 88.0 cm³/mol. The SMILES string of the molecule is COc1cccc2cc(C(=O)Nc3cccc(C(F)(F)F)c3)c(=N)oc12. The Morgan fingerprint density at radius 1 is 1.15 bits per heavy atom. The van der Waals surface area contributed by atoms with Gasteiger partial charge in [0.2, 0.25) is 5.55 Å². The van der Waals surface area contributed by atoms with Crippen molar-refractivity contribution in [3.63, 3.8) is 0 Å². The van der Waals surface area contributed by atoms with E-state index in [1.54, 1.807) is 18.2 Å². The Bertz CT molecular complexity index is 1040. The number of rotatable bonds is 3. The molecule has 0 saturated heterocycles. The molecule has 1 heterocycles. The second-order valence-corrected chi connectivity index (χ2v) is 5.40. The summed E-state index contributed by atoms with van der Waals surface area (Å²) in [5.41, 5.74) is -1.14. The summed E-state index contributed by atoms with van der Waals surface area (Å²) in [6.45, 7) is 0. The summed E-state index contributed by atoms with van der Waals surface area (Å²) in [7, 11) is 1.45. The van der Waals surface area contributed by atoms with Gasteiger partial charge in [-0.2, -0.15) is 13.2 Å². The highest BCUT2D eigenvalue weighted by molar-refractivity contribution is 6.05. The maximum absolute atomic E-state index is 12.8. The van der Waals surface area contributed by atoms with E-state index in [-0.39, 0.29) is 11.3 Å². The lowest BCUT2D eigenvalue weighted by Gasteiger charge is -2.10. The number of halogens is 3. The van der Waals surface area contributed by atoms with Crippen molar-refractivity contribution in [1.82, 2.24) is 0 Å². The fraction of sp³-hybridized carbons (Fsp3) is 0.111. The molecule has 0 aliphatic rings. The van der Waals surface area contributed by atoms with Crippen LogP contribution in [-0.4, -0.2) is 13.0 Å². The predicted octanol–water partition coefficient (Wildman–Crippen LogP) is 4.19. The highest BCUT2D eigenvalue weighted by Gasteiger charge is 2.30. The number of amides is 1. The third-order valence-corrected chi connectivity index (χ3v) is 3.67. The molecule has 3 rings (SSSR count). The minimum Gasteiger partial charge on any atom is -0.493 e. The van der Waals surface area contributed by atoms with Crippen LogP contribution in [-0.2, 0) is 6.18 Å². The fourth-order valence-electron chi connectivity index (χ4n) is 2.43. The third kappa shape index (κ3) is 3.39. The topological polar surface area (TPSA) is 75.3 Å². The Hall–Kier alpha value is -3.29. The first-order valence-corrected chi connectivity index (χ1v) is 7.43. The summed E-state index contributed by atoms with van der Waals surface area (Å²) in [4.78, 5) is 12.4. The molecule has 0 saturated carbocycles. The van der Waals surface area contributed by atoms with Crippen LogP contribution in [0.3, 0.4) is 0 Å². The van der Waals surface area contributed by atoms with E-state index in [1.807, 2.05) is 0 Å². The molecular weight excluding hydrogens is 349 g/mol. The second-order valence-electron chi connectivity index (χ2n) is 5.40. The summed E-state index contributed by atoms with van der Waals surface area (Å²) in [5.74, 6) is -0.344. The third-order valence-electron chi connectivity index (χ3n) is 3.67. The monoisotopic (exact) mass is 362 g/mol. The first kappa shape index (κ1) is 17.5. The molecule has 0 aliphatic carbocycles. The largest absolute Gasteiger partial charge is 0.493 e. The molecular formula is C18H13F3N2O3. The summed E-state index contributed by atoms with van der Waals surface area (Å²) in [6, 6.07) is 10.7. The van der Waals surface area contributed by atoms with E-state index in [4.69, 9.17) is 14.6 Å². The van der Waals surface area contributed by atoms with Gasteiger partial charge < -0.3 is 14.5 Å². The molecule has 3 aromatic rings. The number of para-hydroxylation sites is 1. The Balaban J connectivity index is 1.96. The Kier molecular flexibility index (Phi) is 4.41. The molecule has 0 atom stereocenters. The van der Waals surface area contributed by atoms with Gasteiger partial charge in [-0.1, -0.05) is 18.2 Å². The van der Waals surface area contributed by atoms with Crippen molar-refractivity contribution >= 4 is 22.6 Å². The zero-order chi connectivity index (χ0) is 18.9. The maximum Gasteiger partial charge on any atom is 0.416 e. The number of carbonyl (C=O) groups is 1. The normalized spacial score (nSPS) is 11.4. The number of hydrogen-bond acceptors (Lipinski definition) is 4. The molecule has 1 aromatic heterocycles. The zero-order valence-corrected chi connectivity index (χ0v) is 13.5. The molecule has 0 spiro atoms. The van der Waals surface area contributed by atoms with Crippen LogP contribution in [0.2, 0.25) is 0 Å². The molecule has 26 heavy (non-hydrogen) atoms. The van der Waals surface area contributed by atoms with Crippen molar-refractivity contribution in [1.29, 1.82) is 5.41 Å². The summed E-state index contributed by atoms with van der Waals surface area (Å²) >= 11 is 0. The van der Waals surface area contributed by atoms with Gasteiger partial charge >= 0.3 is 6.18 Å². The minimum atomic E-state index is -4.52. The number of ether oxygens (including phenoxy) is 1. The average Bonchev–Trinajstić information content (AvgIpc) is 2.60. The lowest BCUT2D eigenvalue weighted by atomic mass is 10.1. The standard InChI is InChI=1S/C18H13F3N2O3/c1-25-14-7-2-4-10-8-13(16(22)26-15(10)14)17(24)23-12-6-3-5-11(9-12)18(19,20)21/h2-9,22H,1H3,(H,23,24). The molecule has 0 bridgehead atoms. The Morgan fingerprint density at radius 3 is 2.58 bits per heavy atom. The van der Waals surface area contributed by atoms with Crippen LogP contribution in [0.25, 0.3) is 11.0 Å². The lowest BCUT2D eigenvalue weighted by molar-refractivity contribution is -0.137. The molecule has 1 amide bonds. The molecule has 5 nitrogen and oxygen atoms in total. The number of alkyl halides is 3. The molecule has 0 unspecified atom stereocenters. The molecule has 0 aliphatic heterocycles. The number of benzene rings is 2. The average molecular weight is 362 g/mol. The van der Waals surface area contributed by atoms with Gasteiger partial charge in [0.1, 0.15) is 5.56 Å². The van der Waals surface area contributed by atoms with Gasteiger partial charge in [-0.05, 0) is 30.3 Å². The smallest absolute Gasteiger partial charge is 0.416 e. The Labute approximate surface area is 145 Å². The number of carbonyl (C=O) groups excluding carboxylic acids is 1. The Morgan fingerprint density at radius 2 is 1.88 bits per heavy atom. The van der Waals surface area contributed by atoms with Crippen molar-refractivity contribution in [3.8, 4) is 5.75 Å². The maximum atomic E-state index is 12.8. The van der Waals surface area contributed by atoms with Crippen molar-refractivity contribution in [2.24, 2.45) is 0 Å². The molecule has 8 heteroatoms. The first-order chi connectivity index (χ1) is 12.3. The summed E-state index contributed by atoms with van der Waals surface area (Å²) in [6.07, 6.45) is -4.52. The van der Waals surface area contributed by atoms with E-state index in [1.165, 1.54) is 25.3 Å². The van der Waals surface area contributed by atoms with Crippen molar-refractivity contribution in [2.45, 2.75) is 6.18 Å². The summed E-state index contributed by atoms with van der Waals surface area (Å²) in [5, 5.41) is 10.8. The van der Waals surface area contributed by atoms with Crippen LogP contribution >= 0.6 is 0 Å². The van der Waals surface area contributed by atoms with Crippen LogP contribution in [0.1, 0.15) is 15.9 Å². The van der Waals surface area contributed by atoms with E-state index in [0.29, 0.717) is 16.7 Å². The quantitative estimate of drug-likeness (QED) is 0.734. The van der Waals surface area contributed by atoms with Crippen molar-refractivity contribution in [2.75, 3.05) is 12.4 Å². The fourth-order valence-corrected chi connectivity index (χ4v) is 2.43. The zero-order valence-electron chi connectivity index (χ0n) is 13.5. The molecule has 134 valence electrons. The van der Waals surface area contributed by atoms with Gasteiger partial charge in [-0.3, -0.25) is 10.2 Å². The number of anilines is 1. The van der Waals surface area contributed by atoms with Crippen LogP contribution in [0.15, 0.2) is 52.9 Å². The van der Waals surface area contributed by atoms with Crippen LogP contribution in [0.4, 0.5) is 18.9 Å². The lowest BCUT2D eigenvalue weighted by Crippen LogP contribution is -2.21. The number of hydrogen-bond donors (Lipinski definition) is 2. The highest BCUT2D eigenvalue weighted by Crippen LogP contribution is 2.31.